The van der Waals surface area contributed by atoms with E-state index in [0.29, 0.717) is 35.7 Å². The first-order valence-electron chi connectivity index (χ1n) is 10.6. The van der Waals surface area contributed by atoms with Crippen LogP contribution in [0.1, 0.15) is 28.1 Å². The third kappa shape index (κ3) is 5.42. The Labute approximate surface area is 197 Å². The van der Waals surface area contributed by atoms with Crippen molar-refractivity contribution in [3.05, 3.63) is 58.5 Å². The van der Waals surface area contributed by atoms with Gasteiger partial charge in [-0.15, -0.1) is 10.2 Å². The molecule has 0 unspecified atom stereocenters. The lowest BCUT2D eigenvalue weighted by molar-refractivity contribution is -0.129. The van der Waals surface area contributed by atoms with E-state index in [1.165, 1.54) is 17.3 Å². The van der Waals surface area contributed by atoms with E-state index in [2.05, 4.69) is 10.2 Å². The molecule has 0 aliphatic carbocycles. The lowest BCUT2D eigenvalue weighted by Gasteiger charge is -2.29. The van der Waals surface area contributed by atoms with Crippen LogP contribution in [-0.2, 0) is 24.4 Å². The van der Waals surface area contributed by atoms with Crippen LogP contribution < -0.4 is 14.2 Å². The Morgan fingerprint density at radius 2 is 1.82 bits per heavy atom. The number of fused-ring (bicyclic) bond motifs is 1. The van der Waals surface area contributed by atoms with Gasteiger partial charge in [-0.3, -0.25) is 4.79 Å². The third-order valence-electron chi connectivity index (χ3n) is 5.53. The van der Waals surface area contributed by atoms with Crippen LogP contribution in [0.3, 0.4) is 0 Å². The van der Waals surface area contributed by atoms with E-state index in [1.54, 1.807) is 14.2 Å². The minimum atomic E-state index is 0.0202. The maximum atomic E-state index is 12.8. The van der Waals surface area contributed by atoms with E-state index in [1.807, 2.05) is 49.1 Å². The highest BCUT2D eigenvalue weighted by atomic mass is 32.2. The molecule has 0 radical (unpaired) electrons. The number of amides is 1. The number of ether oxygens (including phenoxy) is 3. The lowest BCUT2D eigenvalue weighted by Crippen LogP contribution is -2.37. The van der Waals surface area contributed by atoms with Crippen LogP contribution in [0.15, 0.2) is 40.0 Å². The molecule has 4 rings (SSSR count). The summed E-state index contributed by atoms with van der Waals surface area (Å²) >= 11 is 1.23. The molecule has 3 aromatic rings. The number of carbonyl (C=O) groups is 1. The average molecular weight is 470 g/mol. The molecule has 2 aromatic carbocycles. The van der Waals surface area contributed by atoms with E-state index >= 15 is 0 Å². The Hall–Kier alpha value is -3.20. The molecule has 2 heterocycles. The summed E-state index contributed by atoms with van der Waals surface area (Å²) in [5, 5.41) is 8.41. The molecular formula is C24H27N3O5S. The van der Waals surface area contributed by atoms with Gasteiger partial charge in [0, 0.05) is 13.1 Å². The van der Waals surface area contributed by atoms with Gasteiger partial charge in [-0.25, -0.2) is 0 Å². The van der Waals surface area contributed by atoms with E-state index in [4.69, 9.17) is 18.6 Å². The molecule has 8 nitrogen and oxygen atoms in total. The van der Waals surface area contributed by atoms with Crippen molar-refractivity contribution in [1.29, 1.82) is 0 Å². The molecule has 174 valence electrons. The van der Waals surface area contributed by atoms with Gasteiger partial charge >= 0.3 is 0 Å². The number of thioether (sulfide) groups is 1. The molecule has 0 N–H and O–H groups in total. The normalized spacial score (nSPS) is 12.9. The summed E-state index contributed by atoms with van der Waals surface area (Å²) < 4.78 is 22.2. The highest BCUT2D eigenvalue weighted by Gasteiger charge is 2.23. The van der Waals surface area contributed by atoms with Crippen LogP contribution in [0, 0.1) is 13.8 Å². The van der Waals surface area contributed by atoms with E-state index in [-0.39, 0.29) is 18.3 Å². The highest BCUT2D eigenvalue weighted by Crippen LogP contribution is 2.33. The fourth-order valence-corrected chi connectivity index (χ4v) is 4.35. The van der Waals surface area contributed by atoms with Gasteiger partial charge < -0.3 is 23.5 Å². The summed E-state index contributed by atoms with van der Waals surface area (Å²) in [6, 6.07) is 9.96. The third-order valence-corrected chi connectivity index (χ3v) is 6.34. The largest absolute Gasteiger partial charge is 0.493 e. The van der Waals surface area contributed by atoms with Gasteiger partial charge in [0.15, 0.2) is 18.1 Å². The van der Waals surface area contributed by atoms with Crippen molar-refractivity contribution in [2.75, 3.05) is 26.5 Å². The molecule has 33 heavy (non-hydrogen) atoms. The van der Waals surface area contributed by atoms with Gasteiger partial charge in [0.1, 0.15) is 5.75 Å². The van der Waals surface area contributed by atoms with Crippen molar-refractivity contribution in [3.8, 4) is 17.2 Å². The van der Waals surface area contributed by atoms with E-state index in [9.17, 15) is 4.79 Å². The monoisotopic (exact) mass is 469 g/mol. The number of benzene rings is 2. The molecule has 9 heteroatoms. The number of rotatable bonds is 8. The number of aryl methyl sites for hydroxylation is 2. The summed E-state index contributed by atoms with van der Waals surface area (Å²) in [5.74, 6) is 2.78. The van der Waals surface area contributed by atoms with Crippen molar-refractivity contribution in [1.82, 2.24) is 15.1 Å². The number of nitrogens with zero attached hydrogens (tertiary/aromatic N) is 3. The van der Waals surface area contributed by atoms with Crippen LogP contribution in [0.25, 0.3) is 0 Å². The zero-order valence-electron chi connectivity index (χ0n) is 19.2. The topological polar surface area (TPSA) is 86.9 Å². The minimum Gasteiger partial charge on any atom is -0.493 e. The number of hydrogen-bond donors (Lipinski definition) is 0. The number of aromatic nitrogens is 2. The van der Waals surface area contributed by atoms with Crippen molar-refractivity contribution >= 4 is 17.7 Å². The van der Waals surface area contributed by atoms with E-state index in [0.717, 1.165) is 28.9 Å². The van der Waals surface area contributed by atoms with Crippen molar-refractivity contribution in [3.63, 3.8) is 0 Å². The second kappa shape index (κ2) is 10.2. The predicted molar refractivity (Wildman–Crippen MR) is 124 cm³/mol. The molecule has 1 amide bonds. The molecule has 0 atom stereocenters. The number of hydrogen-bond acceptors (Lipinski definition) is 8. The fourth-order valence-electron chi connectivity index (χ4n) is 3.67. The fraction of sp³-hybridized carbons (Fsp3) is 0.375. The summed E-state index contributed by atoms with van der Waals surface area (Å²) in [6.45, 7) is 5.37. The van der Waals surface area contributed by atoms with Gasteiger partial charge in [0.25, 0.3) is 11.1 Å². The molecule has 0 fully saturated rings. The van der Waals surface area contributed by atoms with Crippen LogP contribution in [0.4, 0.5) is 0 Å². The Kier molecular flexibility index (Phi) is 7.08. The first kappa shape index (κ1) is 23.0. The Morgan fingerprint density at radius 3 is 2.58 bits per heavy atom. The van der Waals surface area contributed by atoms with Crippen LogP contribution in [-0.4, -0.2) is 47.5 Å². The zero-order valence-corrected chi connectivity index (χ0v) is 20.0. The molecule has 1 aliphatic rings. The Balaban J connectivity index is 1.31. The Bertz CT molecular complexity index is 1150. The van der Waals surface area contributed by atoms with Crippen LogP contribution in [0.2, 0.25) is 0 Å². The van der Waals surface area contributed by atoms with Gasteiger partial charge in [0.2, 0.25) is 5.91 Å². The van der Waals surface area contributed by atoms with Crippen molar-refractivity contribution in [2.45, 2.75) is 38.6 Å². The highest BCUT2D eigenvalue weighted by molar-refractivity contribution is 7.99. The lowest BCUT2D eigenvalue weighted by atomic mass is 9.99. The van der Waals surface area contributed by atoms with Crippen molar-refractivity contribution < 1.29 is 23.4 Å². The standard InChI is InChI=1S/C24H27N3O5S/c1-15-5-6-16(2)19(9-15)31-13-22-25-26-24(32-22)33-14-23(28)27-8-7-17-10-20(29-3)21(30-4)11-18(17)12-27/h5-6,9-11H,7-8,12-14H2,1-4H3. The molecule has 0 bridgehead atoms. The van der Waals surface area contributed by atoms with Gasteiger partial charge in [-0.1, -0.05) is 23.9 Å². The second-order valence-corrected chi connectivity index (χ2v) is 8.78. The number of carbonyl (C=O) groups excluding carboxylic acids is 1. The van der Waals surface area contributed by atoms with Crippen LogP contribution >= 0.6 is 11.8 Å². The summed E-state index contributed by atoms with van der Waals surface area (Å²) in [7, 11) is 3.23. The molecule has 1 aromatic heterocycles. The minimum absolute atomic E-state index is 0.0202. The average Bonchev–Trinajstić information content (AvgIpc) is 3.29. The maximum Gasteiger partial charge on any atom is 0.277 e. The van der Waals surface area contributed by atoms with Crippen molar-refractivity contribution in [2.24, 2.45) is 0 Å². The molecular weight excluding hydrogens is 442 g/mol. The summed E-state index contributed by atoms with van der Waals surface area (Å²) in [4.78, 5) is 14.6. The smallest absolute Gasteiger partial charge is 0.277 e. The Morgan fingerprint density at radius 1 is 1.06 bits per heavy atom. The summed E-state index contributed by atoms with van der Waals surface area (Å²) in [5.41, 5.74) is 4.41. The first-order valence-corrected chi connectivity index (χ1v) is 11.6. The van der Waals surface area contributed by atoms with Gasteiger partial charge in [-0.2, -0.15) is 0 Å². The molecule has 0 saturated carbocycles. The molecule has 1 aliphatic heterocycles. The molecule has 0 spiro atoms. The SMILES string of the molecule is COc1cc2c(cc1OC)CN(C(=O)CSc1nnc(COc3cc(C)ccc3C)o1)CC2. The van der Waals surface area contributed by atoms with Crippen LogP contribution in [0.5, 0.6) is 17.2 Å². The van der Waals surface area contributed by atoms with Gasteiger partial charge in [0.05, 0.1) is 20.0 Å². The predicted octanol–water partition coefficient (Wildman–Crippen LogP) is 3.96. The first-order chi connectivity index (χ1) is 16.0. The second-order valence-electron chi connectivity index (χ2n) is 7.85. The van der Waals surface area contributed by atoms with Gasteiger partial charge in [-0.05, 0) is 60.7 Å². The number of methoxy groups -OCH3 is 2. The quantitative estimate of drug-likeness (QED) is 0.458. The summed E-state index contributed by atoms with van der Waals surface area (Å²) in [6.07, 6.45) is 0.770. The molecule has 0 saturated heterocycles. The maximum absolute atomic E-state index is 12.8. The zero-order chi connectivity index (χ0) is 23.4. The van der Waals surface area contributed by atoms with E-state index < -0.39 is 0 Å².